The molecule has 0 radical (unpaired) electrons. The van der Waals surface area contributed by atoms with E-state index in [4.69, 9.17) is 26.2 Å². The molecule has 1 aliphatic rings. The lowest BCUT2D eigenvalue weighted by Gasteiger charge is -2.29. The van der Waals surface area contributed by atoms with E-state index in [9.17, 15) is 9.59 Å². The van der Waals surface area contributed by atoms with Crippen LogP contribution >= 0.6 is 11.6 Å². The van der Waals surface area contributed by atoms with E-state index in [0.29, 0.717) is 23.0 Å². The van der Waals surface area contributed by atoms with E-state index in [1.54, 1.807) is 24.5 Å². The fraction of sp³-hybridized carbons (Fsp3) is 0.250. The Bertz CT molecular complexity index is 800. The summed E-state index contributed by atoms with van der Waals surface area (Å²) < 4.78 is 11.0. The van der Waals surface area contributed by atoms with E-state index in [0.717, 1.165) is 0 Å². The van der Waals surface area contributed by atoms with Gasteiger partial charge in [0.2, 0.25) is 0 Å². The maximum atomic E-state index is 12.0. The molecule has 25 heavy (non-hydrogen) atoms. The van der Waals surface area contributed by atoms with Crippen LogP contribution in [0.5, 0.6) is 11.5 Å². The minimum absolute atomic E-state index is 0.0406. The summed E-state index contributed by atoms with van der Waals surface area (Å²) in [6.07, 6.45) is 3.04. The van der Waals surface area contributed by atoms with Gasteiger partial charge in [-0.2, -0.15) is 0 Å². The molecule has 9 heteroatoms. The molecule has 8 nitrogen and oxygen atoms in total. The molecule has 0 aliphatic carbocycles. The van der Waals surface area contributed by atoms with Crippen LogP contribution in [0.25, 0.3) is 0 Å². The molecule has 0 bridgehead atoms. The van der Waals surface area contributed by atoms with Crippen LogP contribution in [0.3, 0.4) is 0 Å². The van der Waals surface area contributed by atoms with Crippen LogP contribution < -0.4 is 14.4 Å². The number of carboxylic acids is 1. The minimum atomic E-state index is -0.991. The first-order valence-electron chi connectivity index (χ1n) is 7.42. The molecule has 2 heterocycles. The lowest BCUT2D eigenvalue weighted by molar-refractivity contribution is -0.136. The Morgan fingerprint density at radius 2 is 2.12 bits per heavy atom. The van der Waals surface area contributed by atoms with Gasteiger partial charge in [0.05, 0.1) is 17.1 Å². The number of ether oxygens (including phenoxy) is 2. The van der Waals surface area contributed by atoms with Gasteiger partial charge >= 0.3 is 5.97 Å². The van der Waals surface area contributed by atoms with E-state index < -0.39 is 5.97 Å². The second-order valence-electron chi connectivity index (χ2n) is 5.18. The number of carboxylic acid groups (broad SMARTS) is 1. The number of amides is 1. The highest BCUT2D eigenvalue weighted by Crippen LogP contribution is 2.40. The molecular formula is C16H14ClN3O5. The Hall–Kier alpha value is -2.87. The number of halogens is 1. The van der Waals surface area contributed by atoms with Crippen LogP contribution in [0.4, 0.5) is 5.69 Å². The third-order valence-electron chi connectivity index (χ3n) is 3.48. The smallest absolute Gasteiger partial charge is 0.305 e. The summed E-state index contributed by atoms with van der Waals surface area (Å²) in [6.45, 7) is -0.00456. The zero-order chi connectivity index (χ0) is 17.8. The topological polar surface area (TPSA) is 102 Å². The standard InChI is InChI=1S/C16H14ClN3O5/c17-10-6-11-13(25-9-15(21)20(11)5-2-16(22)23)7-12(10)24-8-14-18-3-1-4-19-14/h1,3-4,6-7H,2,5,8-9H2,(H,22,23). The first-order valence-corrected chi connectivity index (χ1v) is 7.79. The van der Waals surface area contributed by atoms with E-state index >= 15 is 0 Å². The van der Waals surface area contributed by atoms with Gasteiger partial charge in [-0.15, -0.1) is 0 Å². The average Bonchev–Trinajstić information content (AvgIpc) is 2.60. The van der Waals surface area contributed by atoms with E-state index in [1.165, 1.54) is 11.0 Å². The number of anilines is 1. The molecule has 0 fully saturated rings. The molecule has 3 rings (SSSR count). The summed E-state index contributed by atoms with van der Waals surface area (Å²) in [5.41, 5.74) is 0.422. The molecule has 2 aromatic rings. The van der Waals surface area contributed by atoms with Crippen LogP contribution in [-0.4, -0.2) is 40.1 Å². The van der Waals surface area contributed by atoms with Crippen LogP contribution in [0, 0.1) is 0 Å². The number of aromatic nitrogens is 2. The largest absolute Gasteiger partial charge is 0.484 e. The maximum absolute atomic E-state index is 12.0. The van der Waals surface area contributed by atoms with Crippen molar-refractivity contribution in [1.82, 2.24) is 9.97 Å². The lowest BCUT2D eigenvalue weighted by Crippen LogP contribution is -2.40. The first kappa shape index (κ1) is 17.0. The number of hydrogen-bond donors (Lipinski definition) is 1. The quantitative estimate of drug-likeness (QED) is 0.836. The van der Waals surface area contributed by atoms with Gasteiger partial charge in [0.25, 0.3) is 5.91 Å². The fourth-order valence-corrected chi connectivity index (χ4v) is 2.53. The van der Waals surface area contributed by atoms with Gasteiger partial charge in [-0.05, 0) is 12.1 Å². The fourth-order valence-electron chi connectivity index (χ4n) is 2.31. The number of hydrogen-bond acceptors (Lipinski definition) is 6. The van der Waals surface area contributed by atoms with Gasteiger partial charge in [-0.25, -0.2) is 9.97 Å². The number of carbonyl (C=O) groups is 2. The zero-order valence-corrected chi connectivity index (χ0v) is 13.8. The third-order valence-corrected chi connectivity index (χ3v) is 3.78. The van der Waals surface area contributed by atoms with Crippen molar-refractivity contribution >= 4 is 29.2 Å². The Kier molecular flexibility index (Phi) is 4.99. The van der Waals surface area contributed by atoms with Gasteiger partial charge in [-0.3, -0.25) is 9.59 Å². The summed E-state index contributed by atoms with van der Waals surface area (Å²) >= 11 is 6.23. The number of rotatable bonds is 6. The molecule has 0 saturated heterocycles. The van der Waals surface area contributed by atoms with Crippen LogP contribution in [-0.2, 0) is 16.2 Å². The van der Waals surface area contributed by atoms with Gasteiger partial charge in [0, 0.05) is 25.0 Å². The number of benzene rings is 1. The van der Waals surface area contributed by atoms with Gasteiger partial charge in [-0.1, -0.05) is 11.6 Å². The molecule has 1 aliphatic heterocycles. The summed E-state index contributed by atoms with van der Waals surface area (Å²) in [5, 5.41) is 9.10. The molecule has 0 saturated carbocycles. The Balaban J connectivity index is 1.80. The van der Waals surface area contributed by atoms with Crippen molar-refractivity contribution in [2.24, 2.45) is 0 Å². The first-order chi connectivity index (χ1) is 12.0. The van der Waals surface area contributed by atoms with Gasteiger partial charge in [0.1, 0.15) is 18.1 Å². The van der Waals surface area contributed by atoms with Gasteiger partial charge in [0.15, 0.2) is 12.4 Å². The number of aliphatic carboxylic acids is 1. The molecule has 0 unspecified atom stereocenters. The molecule has 1 aromatic heterocycles. The molecule has 0 spiro atoms. The van der Waals surface area contributed by atoms with Crippen LogP contribution in [0.1, 0.15) is 12.2 Å². The van der Waals surface area contributed by atoms with Crippen molar-refractivity contribution < 1.29 is 24.2 Å². The molecule has 1 aromatic carbocycles. The molecular weight excluding hydrogens is 350 g/mol. The highest BCUT2D eigenvalue weighted by atomic mass is 35.5. The predicted molar refractivity (Wildman–Crippen MR) is 87.9 cm³/mol. The second-order valence-corrected chi connectivity index (χ2v) is 5.59. The second kappa shape index (κ2) is 7.35. The van der Waals surface area contributed by atoms with Crippen molar-refractivity contribution in [1.29, 1.82) is 0 Å². The monoisotopic (exact) mass is 363 g/mol. The molecule has 130 valence electrons. The van der Waals surface area contributed by atoms with E-state index in [1.807, 2.05) is 0 Å². The zero-order valence-electron chi connectivity index (χ0n) is 13.0. The number of carbonyl (C=O) groups excluding carboxylic acids is 1. The van der Waals surface area contributed by atoms with Crippen molar-refractivity contribution in [3.8, 4) is 11.5 Å². The SMILES string of the molecule is O=C(O)CCN1C(=O)COc2cc(OCc3ncccn3)c(Cl)cc21. The Morgan fingerprint density at radius 3 is 2.84 bits per heavy atom. The summed E-state index contributed by atoms with van der Waals surface area (Å²) in [4.78, 5) is 32.2. The number of fused-ring (bicyclic) bond motifs is 1. The van der Waals surface area contributed by atoms with Crippen LogP contribution in [0.2, 0.25) is 5.02 Å². The molecule has 0 atom stereocenters. The summed E-state index contributed by atoms with van der Waals surface area (Å²) in [7, 11) is 0. The van der Waals surface area contributed by atoms with Crippen molar-refractivity contribution in [2.75, 3.05) is 18.1 Å². The third kappa shape index (κ3) is 3.97. The van der Waals surface area contributed by atoms with Crippen LogP contribution in [0.15, 0.2) is 30.6 Å². The maximum Gasteiger partial charge on any atom is 0.305 e. The lowest BCUT2D eigenvalue weighted by atomic mass is 10.2. The summed E-state index contributed by atoms with van der Waals surface area (Å²) in [6, 6.07) is 4.80. The van der Waals surface area contributed by atoms with E-state index in [2.05, 4.69) is 9.97 Å². The van der Waals surface area contributed by atoms with Crippen molar-refractivity contribution in [3.05, 3.63) is 41.4 Å². The highest BCUT2D eigenvalue weighted by molar-refractivity contribution is 6.32. The molecule has 1 amide bonds. The van der Waals surface area contributed by atoms with Gasteiger partial charge < -0.3 is 19.5 Å². The number of nitrogens with zero attached hydrogens (tertiary/aromatic N) is 3. The van der Waals surface area contributed by atoms with Crippen molar-refractivity contribution in [2.45, 2.75) is 13.0 Å². The normalized spacial score (nSPS) is 13.2. The van der Waals surface area contributed by atoms with E-state index in [-0.39, 0.29) is 37.1 Å². The Labute approximate surface area is 148 Å². The highest BCUT2D eigenvalue weighted by Gasteiger charge is 2.27. The Morgan fingerprint density at radius 1 is 1.36 bits per heavy atom. The summed E-state index contributed by atoms with van der Waals surface area (Å²) in [5.74, 6) is -0.0554. The van der Waals surface area contributed by atoms with Crippen molar-refractivity contribution in [3.63, 3.8) is 0 Å². The predicted octanol–water partition coefficient (Wildman–Crippen LogP) is 1.91. The average molecular weight is 364 g/mol. The molecule has 1 N–H and O–H groups in total. The minimum Gasteiger partial charge on any atom is -0.484 e.